The van der Waals surface area contributed by atoms with Crippen LogP contribution in [0.2, 0.25) is 0 Å². The molecule has 0 radical (unpaired) electrons. The summed E-state index contributed by atoms with van der Waals surface area (Å²) in [6.07, 6.45) is 1.60. The van der Waals surface area contributed by atoms with Crippen molar-refractivity contribution in [1.29, 1.82) is 0 Å². The second-order valence-electron chi connectivity index (χ2n) is 4.42. The van der Waals surface area contributed by atoms with E-state index in [4.69, 9.17) is 4.74 Å². The molecule has 6 nitrogen and oxygen atoms in total. The number of aromatic nitrogens is 1. The van der Waals surface area contributed by atoms with Gasteiger partial charge in [0.2, 0.25) is 0 Å². The first kappa shape index (κ1) is 13.5. The number of amides is 3. The van der Waals surface area contributed by atoms with Gasteiger partial charge < -0.3 is 10.1 Å². The number of hydrogen-bond donors (Lipinski definition) is 1. The highest BCUT2D eigenvalue weighted by atomic mass is 16.5. The van der Waals surface area contributed by atoms with E-state index in [0.717, 1.165) is 0 Å². The number of imide groups is 1. The predicted octanol–water partition coefficient (Wildman–Crippen LogP) is 0.885. The summed E-state index contributed by atoms with van der Waals surface area (Å²) in [6.45, 7) is 4.68. The third-order valence-electron chi connectivity index (χ3n) is 3.12. The van der Waals surface area contributed by atoms with Gasteiger partial charge in [-0.3, -0.25) is 14.7 Å². The van der Waals surface area contributed by atoms with Gasteiger partial charge in [0.05, 0.1) is 18.8 Å². The number of hydrogen-bond acceptors (Lipinski definition) is 4. The molecule has 19 heavy (non-hydrogen) atoms. The Labute approximate surface area is 111 Å². The second kappa shape index (κ2) is 5.36. The maximum absolute atomic E-state index is 12.4. The van der Waals surface area contributed by atoms with Crippen molar-refractivity contribution in [2.24, 2.45) is 0 Å². The van der Waals surface area contributed by atoms with Gasteiger partial charge in [-0.1, -0.05) is 6.07 Å². The lowest BCUT2D eigenvalue weighted by atomic mass is 9.97. The molecule has 0 spiro atoms. The molecule has 1 fully saturated rings. The molecule has 1 aromatic heterocycles. The third-order valence-corrected chi connectivity index (χ3v) is 3.12. The first-order chi connectivity index (χ1) is 9.09. The van der Waals surface area contributed by atoms with Crippen molar-refractivity contribution in [2.45, 2.75) is 19.4 Å². The van der Waals surface area contributed by atoms with Crippen LogP contribution in [0.5, 0.6) is 0 Å². The molecule has 102 valence electrons. The van der Waals surface area contributed by atoms with Gasteiger partial charge in [0.1, 0.15) is 0 Å². The van der Waals surface area contributed by atoms with Gasteiger partial charge in [-0.2, -0.15) is 0 Å². The molecule has 2 heterocycles. The Balaban J connectivity index is 2.17. The van der Waals surface area contributed by atoms with E-state index in [1.807, 2.05) is 6.92 Å². The molecule has 0 bridgehead atoms. The maximum Gasteiger partial charge on any atom is 0.325 e. The van der Waals surface area contributed by atoms with Crippen molar-refractivity contribution in [3.05, 3.63) is 30.1 Å². The molecule has 6 heteroatoms. The number of carbonyl (C=O) groups excluding carboxylic acids is 2. The topological polar surface area (TPSA) is 71.5 Å². The average molecular weight is 263 g/mol. The zero-order valence-corrected chi connectivity index (χ0v) is 11.0. The third kappa shape index (κ3) is 2.44. The normalized spacial score (nSPS) is 22.7. The molecular formula is C13H17N3O3. The van der Waals surface area contributed by atoms with E-state index in [1.54, 1.807) is 31.3 Å². The number of ether oxygens (including phenoxy) is 1. The molecule has 1 aliphatic rings. The highest BCUT2D eigenvalue weighted by molar-refractivity contribution is 6.06. The van der Waals surface area contributed by atoms with Crippen LogP contribution in [0.15, 0.2) is 24.4 Å². The molecule has 1 N–H and O–H groups in total. The van der Waals surface area contributed by atoms with Gasteiger partial charge in [-0.25, -0.2) is 4.79 Å². The number of urea groups is 1. The minimum absolute atomic E-state index is 0.251. The molecule has 1 atom stereocenters. The summed E-state index contributed by atoms with van der Waals surface area (Å²) >= 11 is 0. The Hall–Kier alpha value is -1.95. The molecule has 1 saturated heterocycles. The zero-order chi connectivity index (χ0) is 13.9. The molecule has 1 aromatic rings. The average Bonchev–Trinajstić information content (AvgIpc) is 2.64. The van der Waals surface area contributed by atoms with E-state index in [0.29, 0.717) is 18.9 Å². The van der Waals surface area contributed by atoms with Gasteiger partial charge in [-0.05, 0) is 26.0 Å². The number of nitrogens with zero attached hydrogens (tertiary/aromatic N) is 2. The quantitative estimate of drug-likeness (QED) is 0.632. The highest BCUT2D eigenvalue weighted by Crippen LogP contribution is 2.26. The fourth-order valence-corrected chi connectivity index (χ4v) is 2.03. The number of nitrogens with one attached hydrogen (secondary N) is 1. The van der Waals surface area contributed by atoms with Gasteiger partial charge in [0, 0.05) is 12.8 Å². The van der Waals surface area contributed by atoms with Crippen LogP contribution in [0, 0.1) is 0 Å². The Morgan fingerprint density at radius 1 is 1.42 bits per heavy atom. The minimum atomic E-state index is -1.09. The van der Waals surface area contributed by atoms with Crippen molar-refractivity contribution in [2.75, 3.05) is 19.8 Å². The summed E-state index contributed by atoms with van der Waals surface area (Å²) in [4.78, 5) is 29.6. The van der Waals surface area contributed by atoms with E-state index in [2.05, 4.69) is 10.3 Å². The van der Waals surface area contributed by atoms with Crippen LogP contribution in [0.25, 0.3) is 0 Å². The smallest absolute Gasteiger partial charge is 0.325 e. The summed E-state index contributed by atoms with van der Waals surface area (Å²) in [6, 6.07) is 4.87. The first-order valence-electron chi connectivity index (χ1n) is 6.23. The molecule has 1 unspecified atom stereocenters. The maximum atomic E-state index is 12.4. The van der Waals surface area contributed by atoms with Crippen LogP contribution >= 0.6 is 0 Å². The van der Waals surface area contributed by atoms with Gasteiger partial charge in [0.25, 0.3) is 5.91 Å². The van der Waals surface area contributed by atoms with E-state index >= 15 is 0 Å². The van der Waals surface area contributed by atoms with Crippen LogP contribution in [0.3, 0.4) is 0 Å². The van der Waals surface area contributed by atoms with Crippen molar-refractivity contribution in [3.63, 3.8) is 0 Å². The van der Waals surface area contributed by atoms with Crippen molar-refractivity contribution in [1.82, 2.24) is 15.2 Å². The Bertz CT molecular complexity index is 477. The van der Waals surface area contributed by atoms with Crippen LogP contribution < -0.4 is 5.32 Å². The lowest BCUT2D eigenvalue weighted by Crippen LogP contribution is -2.42. The Kier molecular flexibility index (Phi) is 3.80. The predicted molar refractivity (Wildman–Crippen MR) is 68.3 cm³/mol. The van der Waals surface area contributed by atoms with Gasteiger partial charge in [-0.15, -0.1) is 0 Å². The summed E-state index contributed by atoms with van der Waals surface area (Å²) in [5, 5.41) is 2.69. The van der Waals surface area contributed by atoms with E-state index in [-0.39, 0.29) is 12.5 Å². The molecule has 2 rings (SSSR count). The molecule has 0 aliphatic carbocycles. The Morgan fingerprint density at radius 2 is 2.21 bits per heavy atom. The van der Waals surface area contributed by atoms with Crippen LogP contribution in [-0.4, -0.2) is 41.6 Å². The lowest BCUT2D eigenvalue weighted by Gasteiger charge is -2.20. The molecule has 3 amide bonds. The monoisotopic (exact) mass is 263 g/mol. The summed E-state index contributed by atoms with van der Waals surface area (Å²) < 4.78 is 5.18. The molecule has 0 aromatic carbocycles. The second-order valence-corrected chi connectivity index (χ2v) is 4.42. The van der Waals surface area contributed by atoms with Crippen molar-refractivity contribution >= 4 is 11.9 Å². The molecular weight excluding hydrogens is 246 g/mol. The fourth-order valence-electron chi connectivity index (χ4n) is 2.03. The standard InChI is InChI=1S/C13H17N3O3/c1-3-19-9-8-16-11(17)13(2,15-12(16)18)10-6-4-5-7-14-10/h4-7H,3,8-9H2,1-2H3,(H,15,18). The summed E-state index contributed by atoms with van der Waals surface area (Å²) in [5.41, 5.74) is -0.558. The van der Waals surface area contributed by atoms with E-state index in [1.165, 1.54) is 4.90 Å². The Morgan fingerprint density at radius 3 is 2.84 bits per heavy atom. The van der Waals surface area contributed by atoms with E-state index in [9.17, 15) is 9.59 Å². The van der Waals surface area contributed by atoms with E-state index < -0.39 is 11.6 Å². The molecule has 0 saturated carbocycles. The fraction of sp³-hybridized carbons (Fsp3) is 0.462. The van der Waals surface area contributed by atoms with Crippen LogP contribution in [-0.2, 0) is 15.1 Å². The largest absolute Gasteiger partial charge is 0.380 e. The van der Waals surface area contributed by atoms with Gasteiger partial charge >= 0.3 is 6.03 Å². The SMILES string of the molecule is CCOCCN1C(=O)NC(C)(c2ccccn2)C1=O. The first-order valence-corrected chi connectivity index (χ1v) is 6.23. The minimum Gasteiger partial charge on any atom is -0.380 e. The zero-order valence-electron chi connectivity index (χ0n) is 11.0. The number of carbonyl (C=O) groups is 2. The van der Waals surface area contributed by atoms with Crippen LogP contribution in [0.4, 0.5) is 4.79 Å². The van der Waals surface area contributed by atoms with Crippen molar-refractivity contribution in [3.8, 4) is 0 Å². The lowest BCUT2D eigenvalue weighted by molar-refractivity contribution is -0.131. The molecule has 1 aliphatic heterocycles. The number of rotatable bonds is 5. The summed E-state index contributed by atoms with van der Waals surface area (Å²) in [7, 11) is 0. The van der Waals surface area contributed by atoms with Crippen LogP contribution in [0.1, 0.15) is 19.5 Å². The number of pyridine rings is 1. The van der Waals surface area contributed by atoms with Crippen molar-refractivity contribution < 1.29 is 14.3 Å². The highest BCUT2D eigenvalue weighted by Gasteiger charge is 2.49. The van der Waals surface area contributed by atoms with Gasteiger partial charge in [0.15, 0.2) is 5.54 Å². The summed E-state index contributed by atoms with van der Waals surface area (Å²) in [5.74, 6) is -0.295.